The first-order chi connectivity index (χ1) is 12.2. The maximum absolute atomic E-state index is 11.9. The van der Waals surface area contributed by atoms with Gasteiger partial charge in [-0.3, -0.25) is 4.57 Å². The zero-order valence-electron chi connectivity index (χ0n) is 14.8. The molecule has 25 heavy (non-hydrogen) atoms. The number of nitrogens with zero attached hydrogens (tertiary/aromatic N) is 2. The van der Waals surface area contributed by atoms with E-state index >= 15 is 0 Å². The molecule has 0 saturated heterocycles. The minimum atomic E-state index is -0.271. The van der Waals surface area contributed by atoms with Crippen molar-refractivity contribution in [2.75, 3.05) is 20.7 Å². The lowest BCUT2D eigenvalue weighted by Gasteiger charge is -2.16. The minimum Gasteiger partial charge on any atom is -0.497 e. The quantitative estimate of drug-likeness (QED) is 0.589. The molecule has 0 saturated carbocycles. The Kier molecular flexibility index (Phi) is 5.56. The molecule has 5 heteroatoms. The van der Waals surface area contributed by atoms with Gasteiger partial charge in [0.2, 0.25) is 0 Å². The summed E-state index contributed by atoms with van der Waals surface area (Å²) in [4.78, 5) is 14.2. The zero-order chi connectivity index (χ0) is 17.6. The number of oxazole rings is 1. The normalized spacial score (nSPS) is 11.3. The van der Waals surface area contributed by atoms with E-state index in [0.717, 1.165) is 37.2 Å². The van der Waals surface area contributed by atoms with Crippen LogP contribution in [-0.2, 0) is 13.1 Å². The Morgan fingerprint density at radius 3 is 2.60 bits per heavy atom. The van der Waals surface area contributed by atoms with Gasteiger partial charge in [-0.15, -0.1) is 0 Å². The number of aryl methyl sites for hydroxylation is 1. The Balaban J connectivity index is 1.47. The third kappa shape index (κ3) is 4.31. The average molecular weight is 340 g/mol. The van der Waals surface area contributed by atoms with Crippen molar-refractivity contribution in [3.8, 4) is 5.75 Å². The summed E-state index contributed by atoms with van der Waals surface area (Å²) in [7, 11) is 3.79. The van der Waals surface area contributed by atoms with Crippen LogP contribution in [0.25, 0.3) is 11.1 Å². The van der Waals surface area contributed by atoms with Crippen LogP contribution in [0.1, 0.15) is 18.4 Å². The Morgan fingerprint density at radius 1 is 1.08 bits per heavy atom. The topological polar surface area (TPSA) is 47.6 Å². The number of benzene rings is 2. The summed E-state index contributed by atoms with van der Waals surface area (Å²) in [6.45, 7) is 2.57. The molecule has 0 spiro atoms. The van der Waals surface area contributed by atoms with Crippen LogP contribution in [-0.4, -0.2) is 30.2 Å². The highest BCUT2D eigenvalue weighted by atomic mass is 16.5. The molecule has 0 fully saturated rings. The summed E-state index contributed by atoms with van der Waals surface area (Å²) in [5.41, 5.74) is 2.79. The van der Waals surface area contributed by atoms with E-state index < -0.39 is 0 Å². The second-order valence-corrected chi connectivity index (χ2v) is 6.28. The van der Waals surface area contributed by atoms with Gasteiger partial charge in [-0.2, -0.15) is 0 Å². The number of rotatable bonds is 8. The molecule has 0 bridgehead atoms. The summed E-state index contributed by atoms with van der Waals surface area (Å²) in [5, 5.41) is 0. The number of hydrogen-bond donors (Lipinski definition) is 0. The van der Waals surface area contributed by atoms with E-state index in [1.807, 2.05) is 36.4 Å². The highest BCUT2D eigenvalue weighted by Crippen LogP contribution is 2.14. The molecular formula is C20H24N2O3. The first kappa shape index (κ1) is 17.3. The molecule has 1 heterocycles. The van der Waals surface area contributed by atoms with Crippen molar-refractivity contribution in [2.24, 2.45) is 0 Å². The van der Waals surface area contributed by atoms with Crippen LogP contribution in [0.5, 0.6) is 5.75 Å². The van der Waals surface area contributed by atoms with Crippen LogP contribution in [0.15, 0.2) is 57.7 Å². The third-order valence-corrected chi connectivity index (χ3v) is 4.36. The molecule has 5 nitrogen and oxygen atoms in total. The number of methoxy groups -OCH3 is 1. The summed E-state index contributed by atoms with van der Waals surface area (Å²) in [6.07, 6.45) is 1.97. The van der Waals surface area contributed by atoms with Crippen molar-refractivity contribution < 1.29 is 9.15 Å². The van der Waals surface area contributed by atoms with Gasteiger partial charge in [-0.1, -0.05) is 24.3 Å². The maximum atomic E-state index is 11.9. The Hall–Kier alpha value is -2.53. The summed E-state index contributed by atoms with van der Waals surface area (Å²) in [6, 6.07) is 15.7. The van der Waals surface area contributed by atoms with E-state index in [1.54, 1.807) is 11.7 Å². The highest BCUT2D eigenvalue weighted by Gasteiger charge is 2.08. The van der Waals surface area contributed by atoms with Gasteiger partial charge in [0.1, 0.15) is 5.75 Å². The molecule has 3 aromatic rings. The number of unbranched alkanes of at least 4 members (excludes halogenated alkanes) is 1. The number of hydrogen-bond acceptors (Lipinski definition) is 4. The lowest BCUT2D eigenvalue weighted by Crippen LogP contribution is -2.20. The van der Waals surface area contributed by atoms with Gasteiger partial charge in [-0.25, -0.2) is 4.79 Å². The molecule has 0 atom stereocenters. The van der Waals surface area contributed by atoms with Crippen molar-refractivity contribution in [3.63, 3.8) is 0 Å². The van der Waals surface area contributed by atoms with Crippen molar-refractivity contribution in [1.82, 2.24) is 9.47 Å². The maximum Gasteiger partial charge on any atom is 0.419 e. The van der Waals surface area contributed by atoms with Crippen LogP contribution >= 0.6 is 0 Å². The fraction of sp³-hybridized carbons (Fsp3) is 0.350. The first-order valence-electron chi connectivity index (χ1n) is 8.57. The van der Waals surface area contributed by atoms with Gasteiger partial charge < -0.3 is 14.1 Å². The lowest BCUT2D eigenvalue weighted by atomic mass is 10.2. The third-order valence-electron chi connectivity index (χ3n) is 4.36. The molecule has 0 aliphatic rings. The SMILES string of the molecule is COc1ccc(CN(C)CCCCn2c(=O)oc3ccccc32)cc1. The smallest absolute Gasteiger partial charge is 0.419 e. The van der Waals surface area contributed by atoms with E-state index in [4.69, 9.17) is 9.15 Å². The lowest BCUT2D eigenvalue weighted by molar-refractivity contribution is 0.314. The Labute approximate surface area is 147 Å². The predicted molar refractivity (Wildman–Crippen MR) is 99.0 cm³/mol. The first-order valence-corrected chi connectivity index (χ1v) is 8.57. The molecule has 3 rings (SSSR count). The summed E-state index contributed by atoms with van der Waals surface area (Å²) < 4.78 is 12.2. The molecule has 0 aliphatic heterocycles. The standard InChI is InChI=1S/C20H24N2O3/c1-21(15-16-9-11-17(24-2)12-10-16)13-5-6-14-22-18-7-3-4-8-19(18)25-20(22)23/h3-4,7-12H,5-6,13-15H2,1-2H3. The fourth-order valence-electron chi connectivity index (χ4n) is 3.00. The van der Waals surface area contributed by atoms with Gasteiger partial charge in [0, 0.05) is 13.1 Å². The molecule has 0 radical (unpaired) electrons. The van der Waals surface area contributed by atoms with E-state index in [9.17, 15) is 4.79 Å². The van der Waals surface area contributed by atoms with E-state index in [2.05, 4.69) is 24.1 Å². The number of aromatic nitrogens is 1. The number of para-hydroxylation sites is 2. The van der Waals surface area contributed by atoms with E-state index in [0.29, 0.717) is 12.1 Å². The second-order valence-electron chi connectivity index (χ2n) is 6.28. The van der Waals surface area contributed by atoms with Crippen LogP contribution in [0.2, 0.25) is 0 Å². The van der Waals surface area contributed by atoms with Crippen LogP contribution in [0.3, 0.4) is 0 Å². The molecule has 132 valence electrons. The van der Waals surface area contributed by atoms with Crippen LogP contribution in [0.4, 0.5) is 0 Å². The number of fused-ring (bicyclic) bond motifs is 1. The van der Waals surface area contributed by atoms with Crippen LogP contribution < -0.4 is 10.5 Å². The van der Waals surface area contributed by atoms with Crippen molar-refractivity contribution >= 4 is 11.1 Å². The zero-order valence-corrected chi connectivity index (χ0v) is 14.8. The molecular weight excluding hydrogens is 316 g/mol. The summed E-state index contributed by atoms with van der Waals surface area (Å²) in [5.74, 6) is 0.608. The van der Waals surface area contributed by atoms with Crippen molar-refractivity contribution in [1.29, 1.82) is 0 Å². The predicted octanol–water partition coefficient (Wildman–Crippen LogP) is 3.52. The van der Waals surface area contributed by atoms with Crippen molar-refractivity contribution in [2.45, 2.75) is 25.9 Å². The fourth-order valence-corrected chi connectivity index (χ4v) is 3.00. The molecule has 2 aromatic carbocycles. The Bertz CT molecular complexity index is 865. The van der Waals surface area contributed by atoms with Gasteiger partial charge in [0.05, 0.1) is 12.6 Å². The van der Waals surface area contributed by atoms with Gasteiger partial charge in [0.25, 0.3) is 0 Å². The largest absolute Gasteiger partial charge is 0.497 e. The van der Waals surface area contributed by atoms with Gasteiger partial charge in [-0.05, 0) is 56.3 Å². The molecule has 0 unspecified atom stereocenters. The average Bonchev–Trinajstić information content (AvgIpc) is 2.95. The molecule has 0 N–H and O–H groups in total. The van der Waals surface area contributed by atoms with Crippen molar-refractivity contribution in [3.05, 3.63) is 64.6 Å². The number of ether oxygens (including phenoxy) is 1. The minimum absolute atomic E-state index is 0.271. The van der Waals surface area contributed by atoms with E-state index in [-0.39, 0.29) is 5.76 Å². The highest BCUT2D eigenvalue weighted by molar-refractivity contribution is 5.72. The molecule has 1 aromatic heterocycles. The van der Waals surface area contributed by atoms with Gasteiger partial charge >= 0.3 is 5.76 Å². The van der Waals surface area contributed by atoms with E-state index in [1.165, 1.54) is 5.56 Å². The monoisotopic (exact) mass is 340 g/mol. The molecule has 0 aliphatic carbocycles. The Morgan fingerprint density at radius 2 is 1.84 bits per heavy atom. The summed E-state index contributed by atoms with van der Waals surface area (Å²) >= 11 is 0. The van der Waals surface area contributed by atoms with Gasteiger partial charge in [0.15, 0.2) is 5.58 Å². The van der Waals surface area contributed by atoms with Crippen LogP contribution in [0, 0.1) is 0 Å². The second kappa shape index (κ2) is 8.03. The molecule has 0 amide bonds.